The second-order valence-electron chi connectivity index (χ2n) is 5.33. The van der Waals surface area contributed by atoms with Gasteiger partial charge in [-0.1, -0.05) is 23.2 Å². The molecule has 2 aromatic rings. The molecule has 0 saturated carbocycles. The van der Waals surface area contributed by atoms with Gasteiger partial charge in [-0.2, -0.15) is 5.10 Å². The first-order valence-electron chi connectivity index (χ1n) is 7.29. The number of benzene rings is 1. The summed E-state index contributed by atoms with van der Waals surface area (Å²) in [6.07, 6.45) is 2.37. The summed E-state index contributed by atoms with van der Waals surface area (Å²) >= 11 is 12.0. The molecule has 0 amide bonds. The molecular formula is C14H15Cl2N3O6S2. The van der Waals surface area contributed by atoms with Gasteiger partial charge in [-0.15, -0.1) is 3.71 Å². The van der Waals surface area contributed by atoms with E-state index in [2.05, 4.69) is 5.10 Å². The standard InChI is InChI=1S/C14H15Cl2N3O6S2/c1-4-25-14(20)10-8-17-18(12-6-5-9(15)7-11(12)16)13(10)19(26(2,21)22)27(3,23)24/h5-8H,4H2,1-3H3. The van der Waals surface area contributed by atoms with Crippen LogP contribution in [-0.4, -0.2) is 51.7 Å². The Morgan fingerprint density at radius 1 is 1.19 bits per heavy atom. The Bertz CT molecular complexity index is 1060. The Morgan fingerprint density at radius 2 is 1.78 bits per heavy atom. The second-order valence-corrected chi connectivity index (χ2v) is 10.1. The van der Waals surface area contributed by atoms with Crippen LogP contribution >= 0.6 is 23.2 Å². The highest BCUT2D eigenvalue weighted by Gasteiger charge is 2.36. The lowest BCUT2D eigenvalue weighted by molar-refractivity contribution is 0.0527. The lowest BCUT2D eigenvalue weighted by atomic mass is 10.3. The summed E-state index contributed by atoms with van der Waals surface area (Å²) in [6, 6.07) is 4.21. The van der Waals surface area contributed by atoms with Crippen LogP contribution in [0.5, 0.6) is 0 Å². The first-order valence-corrected chi connectivity index (χ1v) is 11.7. The summed E-state index contributed by atoms with van der Waals surface area (Å²) < 4.78 is 54.8. The van der Waals surface area contributed by atoms with Crippen LogP contribution in [0.25, 0.3) is 5.69 Å². The second kappa shape index (κ2) is 7.66. The summed E-state index contributed by atoms with van der Waals surface area (Å²) in [6.45, 7) is 1.53. The van der Waals surface area contributed by atoms with Gasteiger partial charge in [0.2, 0.25) is 20.0 Å². The summed E-state index contributed by atoms with van der Waals surface area (Å²) in [5.74, 6) is -1.48. The Labute approximate surface area is 166 Å². The van der Waals surface area contributed by atoms with Gasteiger partial charge < -0.3 is 4.74 Å². The summed E-state index contributed by atoms with van der Waals surface area (Å²) in [5, 5.41) is 4.30. The van der Waals surface area contributed by atoms with Crippen molar-refractivity contribution in [2.75, 3.05) is 22.8 Å². The van der Waals surface area contributed by atoms with Gasteiger partial charge in [0.1, 0.15) is 5.56 Å². The van der Waals surface area contributed by atoms with Gasteiger partial charge in [0.25, 0.3) is 0 Å². The van der Waals surface area contributed by atoms with Crippen LogP contribution in [-0.2, 0) is 24.8 Å². The minimum absolute atomic E-state index is 0.0110. The minimum Gasteiger partial charge on any atom is -0.462 e. The van der Waals surface area contributed by atoms with E-state index >= 15 is 0 Å². The van der Waals surface area contributed by atoms with Crippen molar-refractivity contribution in [2.24, 2.45) is 0 Å². The van der Waals surface area contributed by atoms with Crippen molar-refractivity contribution in [1.82, 2.24) is 9.78 Å². The monoisotopic (exact) mass is 455 g/mol. The number of nitrogens with zero attached hydrogens (tertiary/aromatic N) is 3. The third-order valence-corrected chi connectivity index (χ3v) is 6.87. The Balaban J connectivity index is 2.90. The summed E-state index contributed by atoms with van der Waals surface area (Å²) in [5.41, 5.74) is -0.248. The zero-order valence-electron chi connectivity index (χ0n) is 14.4. The molecule has 0 N–H and O–H groups in total. The Hall–Kier alpha value is -1.82. The number of aromatic nitrogens is 2. The van der Waals surface area contributed by atoms with Crippen LogP contribution in [0.4, 0.5) is 5.82 Å². The van der Waals surface area contributed by atoms with E-state index in [9.17, 15) is 21.6 Å². The molecule has 0 spiro atoms. The van der Waals surface area contributed by atoms with Crippen LogP contribution in [0.1, 0.15) is 17.3 Å². The van der Waals surface area contributed by atoms with Crippen molar-refractivity contribution in [3.05, 3.63) is 40.0 Å². The maximum atomic E-state index is 12.3. The molecule has 27 heavy (non-hydrogen) atoms. The molecule has 0 atom stereocenters. The maximum absolute atomic E-state index is 12.3. The lowest BCUT2D eigenvalue weighted by Crippen LogP contribution is -2.37. The van der Waals surface area contributed by atoms with Crippen molar-refractivity contribution in [1.29, 1.82) is 0 Å². The summed E-state index contributed by atoms with van der Waals surface area (Å²) in [4.78, 5) is 12.3. The average Bonchev–Trinajstić information content (AvgIpc) is 2.88. The predicted molar refractivity (Wildman–Crippen MR) is 102 cm³/mol. The SMILES string of the molecule is CCOC(=O)c1cnn(-c2ccc(Cl)cc2Cl)c1N(S(C)(=O)=O)S(C)(=O)=O. The zero-order valence-corrected chi connectivity index (χ0v) is 17.5. The molecule has 0 saturated heterocycles. The molecular weight excluding hydrogens is 441 g/mol. The number of ether oxygens (including phenoxy) is 1. The van der Waals surface area contributed by atoms with Crippen molar-refractivity contribution < 1.29 is 26.4 Å². The van der Waals surface area contributed by atoms with E-state index in [1.807, 2.05) is 0 Å². The molecule has 0 aliphatic rings. The molecule has 1 aromatic carbocycles. The number of esters is 1. The number of anilines is 1. The molecule has 1 heterocycles. The molecule has 0 aliphatic carbocycles. The highest BCUT2D eigenvalue weighted by atomic mass is 35.5. The first kappa shape index (κ1) is 21.5. The van der Waals surface area contributed by atoms with Crippen LogP contribution in [0.2, 0.25) is 10.0 Å². The van der Waals surface area contributed by atoms with E-state index < -0.39 is 31.8 Å². The maximum Gasteiger partial charge on any atom is 0.343 e. The predicted octanol–water partition coefficient (Wildman–Crippen LogP) is 2.08. The molecule has 0 fully saturated rings. The third-order valence-electron chi connectivity index (χ3n) is 3.15. The number of sulfonamides is 2. The number of hydrogen-bond acceptors (Lipinski definition) is 7. The van der Waals surface area contributed by atoms with Crippen LogP contribution in [0.3, 0.4) is 0 Å². The van der Waals surface area contributed by atoms with E-state index in [0.717, 1.165) is 10.9 Å². The summed E-state index contributed by atoms with van der Waals surface area (Å²) in [7, 11) is -8.72. The first-order chi connectivity index (χ1) is 12.4. The zero-order chi connectivity index (χ0) is 20.6. The number of carbonyl (C=O) groups is 1. The van der Waals surface area contributed by atoms with Gasteiger partial charge in [-0.25, -0.2) is 26.3 Å². The van der Waals surface area contributed by atoms with Gasteiger partial charge in [-0.05, 0) is 25.1 Å². The van der Waals surface area contributed by atoms with Gasteiger partial charge in [0, 0.05) is 5.02 Å². The fourth-order valence-corrected chi connectivity index (χ4v) is 5.70. The molecule has 1 aromatic heterocycles. The number of halogens is 2. The Kier molecular flexibility index (Phi) is 6.10. The van der Waals surface area contributed by atoms with Crippen LogP contribution < -0.4 is 3.71 Å². The number of rotatable bonds is 6. The van der Waals surface area contributed by atoms with Gasteiger partial charge in [0.15, 0.2) is 5.82 Å². The smallest absolute Gasteiger partial charge is 0.343 e. The molecule has 9 nitrogen and oxygen atoms in total. The highest BCUT2D eigenvalue weighted by Crippen LogP contribution is 2.33. The van der Waals surface area contributed by atoms with Crippen LogP contribution in [0, 0.1) is 0 Å². The van der Waals surface area contributed by atoms with Crippen molar-refractivity contribution in [3.8, 4) is 5.69 Å². The molecule has 0 radical (unpaired) electrons. The van der Waals surface area contributed by atoms with Crippen molar-refractivity contribution in [3.63, 3.8) is 0 Å². The lowest BCUT2D eigenvalue weighted by Gasteiger charge is -2.22. The molecule has 148 valence electrons. The van der Waals surface area contributed by atoms with Gasteiger partial charge >= 0.3 is 5.97 Å². The van der Waals surface area contributed by atoms with Gasteiger partial charge in [-0.3, -0.25) is 0 Å². The van der Waals surface area contributed by atoms with Crippen molar-refractivity contribution in [2.45, 2.75) is 6.92 Å². The molecule has 0 unspecified atom stereocenters. The normalized spacial score (nSPS) is 12.0. The molecule has 0 aliphatic heterocycles. The van der Waals surface area contributed by atoms with E-state index in [-0.39, 0.29) is 26.6 Å². The highest BCUT2D eigenvalue weighted by molar-refractivity contribution is 8.09. The molecule has 2 rings (SSSR count). The van der Waals surface area contributed by atoms with Crippen LogP contribution in [0.15, 0.2) is 24.4 Å². The quantitative estimate of drug-likeness (QED) is 0.611. The van der Waals surface area contributed by atoms with E-state index in [4.69, 9.17) is 27.9 Å². The average molecular weight is 456 g/mol. The van der Waals surface area contributed by atoms with E-state index in [1.165, 1.54) is 18.2 Å². The Morgan fingerprint density at radius 3 is 2.26 bits per heavy atom. The fraction of sp³-hybridized carbons (Fsp3) is 0.286. The molecule has 0 bridgehead atoms. The third kappa shape index (κ3) is 4.54. The number of carbonyl (C=O) groups excluding carboxylic acids is 1. The fourth-order valence-electron chi connectivity index (χ4n) is 2.26. The largest absolute Gasteiger partial charge is 0.462 e. The number of hydrogen-bond donors (Lipinski definition) is 0. The topological polar surface area (TPSA) is 116 Å². The van der Waals surface area contributed by atoms with Crippen molar-refractivity contribution >= 4 is 55.0 Å². The van der Waals surface area contributed by atoms with Gasteiger partial charge in [0.05, 0.1) is 36.0 Å². The van der Waals surface area contributed by atoms with E-state index in [0.29, 0.717) is 17.5 Å². The molecule has 13 heteroatoms. The van der Waals surface area contributed by atoms with E-state index in [1.54, 1.807) is 6.92 Å². The minimum atomic E-state index is -4.36.